The molecular weight excluding hydrogens is 432 g/mol. The molecule has 7 nitrogen and oxygen atoms in total. The smallest absolute Gasteiger partial charge is 0.407 e. The van der Waals surface area contributed by atoms with Crippen molar-refractivity contribution >= 4 is 18.0 Å². The zero-order chi connectivity index (χ0) is 24.7. The van der Waals surface area contributed by atoms with Gasteiger partial charge in [0, 0.05) is 31.5 Å². The molecule has 0 bridgehead atoms. The number of nitrogens with one attached hydrogen (secondary N) is 1. The number of carboxylic acid groups (broad SMARTS) is 1. The first-order valence-electron chi connectivity index (χ1n) is 11.6. The summed E-state index contributed by atoms with van der Waals surface area (Å²) in [5, 5.41) is 12.2. The van der Waals surface area contributed by atoms with Crippen molar-refractivity contribution in [2.24, 2.45) is 10.8 Å². The summed E-state index contributed by atoms with van der Waals surface area (Å²) >= 11 is 0. The van der Waals surface area contributed by atoms with Crippen molar-refractivity contribution in [1.82, 2.24) is 10.2 Å². The standard InChI is InChI=1S/C27H32N2O5/c1-26(2,3)22(13-23(30)29-15-27(4,16-29)24(31)32)28-25(33)34-14-21-19-11-7-5-9-17(19)18-10-6-8-12-20(18)21/h5-12,21-22H,13-16H2,1-4H3,(H,28,33)(H,31,32). The molecule has 1 fully saturated rings. The van der Waals surface area contributed by atoms with Gasteiger partial charge in [0.15, 0.2) is 0 Å². The molecule has 7 heteroatoms. The SMILES string of the molecule is CC1(C(=O)O)CN(C(=O)CC(NC(=O)OCC2c3ccccc3-c3ccccc32)C(C)(C)C)C1. The minimum absolute atomic E-state index is 0.0392. The van der Waals surface area contributed by atoms with E-state index in [2.05, 4.69) is 29.6 Å². The third kappa shape index (κ3) is 4.52. The summed E-state index contributed by atoms with van der Waals surface area (Å²) in [6.07, 6.45) is -0.475. The van der Waals surface area contributed by atoms with Crippen LogP contribution in [0, 0.1) is 10.8 Å². The van der Waals surface area contributed by atoms with Crippen LogP contribution in [0.15, 0.2) is 48.5 Å². The Balaban J connectivity index is 1.38. The van der Waals surface area contributed by atoms with E-state index in [1.165, 1.54) is 4.90 Å². The molecule has 1 atom stereocenters. The maximum absolute atomic E-state index is 12.8. The van der Waals surface area contributed by atoms with Crippen molar-refractivity contribution in [2.45, 2.75) is 46.1 Å². The van der Waals surface area contributed by atoms with Crippen molar-refractivity contribution < 1.29 is 24.2 Å². The molecule has 1 saturated heterocycles. The quantitative estimate of drug-likeness (QED) is 0.666. The monoisotopic (exact) mass is 464 g/mol. The number of carbonyl (C=O) groups excluding carboxylic acids is 2. The van der Waals surface area contributed by atoms with Gasteiger partial charge in [-0.2, -0.15) is 0 Å². The molecule has 4 rings (SSSR count). The van der Waals surface area contributed by atoms with E-state index < -0.39 is 23.5 Å². The lowest BCUT2D eigenvalue weighted by Crippen LogP contribution is -2.61. The average molecular weight is 465 g/mol. The van der Waals surface area contributed by atoms with Crippen molar-refractivity contribution in [2.75, 3.05) is 19.7 Å². The van der Waals surface area contributed by atoms with Gasteiger partial charge in [-0.1, -0.05) is 69.3 Å². The topological polar surface area (TPSA) is 95.9 Å². The van der Waals surface area contributed by atoms with Gasteiger partial charge < -0.3 is 20.1 Å². The third-order valence-corrected chi connectivity index (χ3v) is 7.01. The van der Waals surface area contributed by atoms with Gasteiger partial charge in [-0.25, -0.2) is 4.79 Å². The number of nitrogens with zero attached hydrogens (tertiary/aromatic N) is 1. The van der Waals surface area contributed by atoms with Gasteiger partial charge >= 0.3 is 12.1 Å². The number of hydrogen-bond donors (Lipinski definition) is 2. The molecule has 34 heavy (non-hydrogen) atoms. The number of carboxylic acids is 1. The Morgan fingerprint density at radius 1 is 1.06 bits per heavy atom. The van der Waals surface area contributed by atoms with Gasteiger partial charge in [-0.15, -0.1) is 0 Å². The summed E-state index contributed by atoms with van der Waals surface area (Å²) in [5.74, 6) is -1.11. The van der Waals surface area contributed by atoms with Crippen molar-refractivity contribution in [1.29, 1.82) is 0 Å². The summed E-state index contributed by atoms with van der Waals surface area (Å²) in [6.45, 7) is 8.06. The van der Waals surface area contributed by atoms with Gasteiger partial charge in [0.05, 0.1) is 5.41 Å². The molecule has 1 heterocycles. The second-order valence-electron chi connectivity index (χ2n) is 10.7. The van der Waals surface area contributed by atoms with Gasteiger partial charge in [-0.3, -0.25) is 9.59 Å². The van der Waals surface area contributed by atoms with Crippen LogP contribution in [-0.2, 0) is 14.3 Å². The van der Waals surface area contributed by atoms with Gasteiger partial charge in [0.25, 0.3) is 0 Å². The lowest BCUT2D eigenvalue weighted by molar-refractivity contribution is -0.164. The molecule has 2 aromatic carbocycles. The molecular formula is C27H32N2O5. The summed E-state index contributed by atoms with van der Waals surface area (Å²) < 4.78 is 5.66. The van der Waals surface area contributed by atoms with E-state index in [9.17, 15) is 19.5 Å². The van der Waals surface area contributed by atoms with Crippen LogP contribution in [0.3, 0.4) is 0 Å². The molecule has 0 saturated carbocycles. The Bertz CT molecular complexity index is 1070. The van der Waals surface area contributed by atoms with Crippen LogP contribution in [0.4, 0.5) is 4.79 Å². The number of carbonyl (C=O) groups is 3. The Hall–Kier alpha value is -3.35. The Labute approximate surface area is 200 Å². The van der Waals surface area contributed by atoms with Crippen molar-refractivity contribution in [3.8, 4) is 11.1 Å². The fraction of sp³-hybridized carbons (Fsp3) is 0.444. The van der Waals surface area contributed by atoms with Crippen LogP contribution in [0.2, 0.25) is 0 Å². The summed E-state index contributed by atoms with van der Waals surface area (Å²) in [6, 6.07) is 15.8. The second-order valence-corrected chi connectivity index (χ2v) is 10.7. The van der Waals surface area contributed by atoms with E-state index in [1.807, 2.05) is 45.0 Å². The van der Waals surface area contributed by atoms with Crippen LogP contribution in [-0.4, -0.2) is 53.7 Å². The van der Waals surface area contributed by atoms with E-state index in [0.29, 0.717) is 0 Å². The van der Waals surface area contributed by atoms with Gasteiger partial charge in [0.2, 0.25) is 5.91 Å². The first-order chi connectivity index (χ1) is 16.0. The minimum atomic E-state index is -0.902. The van der Waals surface area contributed by atoms with E-state index in [4.69, 9.17) is 4.74 Å². The van der Waals surface area contributed by atoms with E-state index in [1.54, 1.807) is 6.92 Å². The predicted molar refractivity (Wildman–Crippen MR) is 128 cm³/mol. The molecule has 180 valence electrons. The van der Waals surface area contributed by atoms with Crippen molar-refractivity contribution in [3.05, 3.63) is 59.7 Å². The van der Waals surface area contributed by atoms with Gasteiger partial charge in [-0.05, 0) is 34.6 Å². The number of ether oxygens (including phenoxy) is 1. The van der Waals surface area contributed by atoms with Crippen LogP contribution < -0.4 is 5.32 Å². The number of likely N-dealkylation sites (tertiary alicyclic amines) is 1. The molecule has 1 aliphatic heterocycles. The summed E-state index contributed by atoms with van der Waals surface area (Å²) in [7, 11) is 0. The van der Waals surface area contributed by atoms with E-state index in [-0.39, 0.29) is 43.4 Å². The van der Waals surface area contributed by atoms with Gasteiger partial charge in [0.1, 0.15) is 6.61 Å². The fourth-order valence-corrected chi connectivity index (χ4v) is 4.77. The molecule has 0 aromatic heterocycles. The van der Waals surface area contributed by atoms with Crippen LogP contribution in [0.1, 0.15) is 51.2 Å². The number of hydrogen-bond acceptors (Lipinski definition) is 4. The fourth-order valence-electron chi connectivity index (χ4n) is 4.77. The normalized spacial score (nSPS) is 17.2. The maximum atomic E-state index is 12.8. The first-order valence-corrected chi connectivity index (χ1v) is 11.6. The molecule has 1 unspecified atom stereocenters. The third-order valence-electron chi connectivity index (χ3n) is 7.01. The van der Waals surface area contributed by atoms with Crippen LogP contribution >= 0.6 is 0 Å². The zero-order valence-electron chi connectivity index (χ0n) is 20.1. The molecule has 0 radical (unpaired) electrons. The average Bonchev–Trinajstić information content (AvgIpc) is 3.08. The molecule has 1 aliphatic carbocycles. The molecule has 2 amide bonds. The van der Waals surface area contributed by atoms with Crippen LogP contribution in [0.25, 0.3) is 11.1 Å². The highest BCUT2D eigenvalue weighted by atomic mass is 16.5. The number of aliphatic carboxylic acids is 1. The predicted octanol–water partition coefficient (Wildman–Crippen LogP) is 4.26. The lowest BCUT2D eigenvalue weighted by atomic mass is 9.80. The van der Waals surface area contributed by atoms with E-state index >= 15 is 0 Å². The van der Waals surface area contributed by atoms with Crippen LogP contribution in [0.5, 0.6) is 0 Å². The Morgan fingerprint density at radius 2 is 1.59 bits per heavy atom. The number of amides is 2. The highest BCUT2D eigenvalue weighted by Gasteiger charge is 2.48. The number of rotatable bonds is 6. The zero-order valence-corrected chi connectivity index (χ0v) is 20.1. The number of benzene rings is 2. The highest BCUT2D eigenvalue weighted by molar-refractivity contribution is 5.84. The first kappa shape index (κ1) is 23.8. The number of fused-ring (bicyclic) bond motifs is 3. The van der Waals surface area contributed by atoms with E-state index in [0.717, 1.165) is 22.3 Å². The molecule has 2 aromatic rings. The minimum Gasteiger partial charge on any atom is -0.481 e. The Kier molecular flexibility index (Phi) is 6.14. The summed E-state index contributed by atoms with van der Waals surface area (Å²) in [4.78, 5) is 38.4. The summed E-state index contributed by atoms with van der Waals surface area (Å²) in [5.41, 5.74) is 3.31. The van der Waals surface area contributed by atoms with Crippen molar-refractivity contribution in [3.63, 3.8) is 0 Å². The number of alkyl carbamates (subject to hydrolysis) is 1. The maximum Gasteiger partial charge on any atom is 0.407 e. The highest BCUT2D eigenvalue weighted by Crippen LogP contribution is 2.44. The molecule has 2 aliphatic rings. The Morgan fingerprint density at radius 3 is 2.09 bits per heavy atom. The largest absolute Gasteiger partial charge is 0.481 e. The molecule has 2 N–H and O–H groups in total. The second kappa shape index (κ2) is 8.78. The lowest BCUT2D eigenvalue weighted by Gasteiger charge is -2.45. The molecule has 0 spiro atoms.